The number of hydrogen-bond acceptors (Lipinski definition) is 4. The third-order valence-electron chi connectivity index (χ3n) is 6.27. The van der Waals surface area contributed by atoms with Crippen LogP contribution in [0.25, 0.3) is 5.65 Å². The Hall–Kier alpha value is -1.92. The Morgan fingerprint density at radius 1 is 1.38 bits per heavy atom. The Balaban J connectivity index is 1.80. The van der Waals surface area contributed by atoms with Crippen LogP contribution in [0.4, 0.5) is 0 Å². The molecule has 0 saturated heterocycles. The Bertz CT molecular complexity index is 830. The Kier molecular flexibility index (Phi) is 7.30. The van der Waals surface area contributed by atoms with Gasteiger partial charge in [0.15, 0.2) is 0 Å². The lowest BCUT2D eigenvalue weighted by Crippen LogP contribution is -2.39. The quantitative estimate of drug-likeness (QED) is 0.703. The summed E-state index contributed by atoms with van der Waals surface area (Å²) in [7, 11) is 1.66. The minimum absolute atomic E-state index is 0.0512. The number of carbonyl (C=O) groups is 1. The van der Waals surface area contributed by atoms with Crippen LogP contribution in [0.1, 0.15) is 80.5 Å². The molecule has 0 bridgehead atoms. The van der Waals surface area contributed by atoms with Crippen molar-refractivity contribution in [3.05, 3.63) is 35.3 Å². The molecule has 0 spiro atoms. The van der Waals surface area contributed by atoms with Crippen LogP contribution in [0, 0.1) is 11.8 Å². The number of hydrogen-bond donors (Lipinski definition) is 2. The van der Waals surface area contributed by atoms with Gasteiger partial charge in [-0.05, 0) is 49.1 Å². The van der Waals surface area contributed by atoms with Crippen LogP contribution in [-0.2, 0) is 11.3 Å². The van der Waals surface area contributed by atoms with E-state index in [1.807, 2.05) is 16.7 Å². The summed E-state index contributed by atoms with van der Waals surface area (Å²) < 4.78 is 7.29. The molecule has 6 heteroatoms. The molecule has 2 aromatic heterocycles. The predicted octanol–water partition coefficient (Wildman–Crippen LogP) is 3.91. The molecule has 1 saturated carbocycles. The number of aliphatic hydroxyl groups is 1. The molecule has 160 valence electrons. The maximum absolute atomic E-state index is 13.1. The predicted molar refractivity (Wildman–Crippen MR) is 114 cm³/mol. The van der Waals surface area contributed by atoms with Gasteiger partial charge in [0.25, 0.3) is 5.91 Å². The highest BCUT2D eigenvalue weighted by Crippen LogP contribution is 2.32. The van der Waals surface area contributed by atoms with Crippen molar-refractivity contribution in [1.29, 1.82) is 0 Å². The number of aliphatic hydroxyl groups excluding tert-OH is 1. The van der Waals surface area contributed by atoms with Gasteiger partial charge >= 0.3 is 0 Å². The van der Waals surface area contributed by atoms with E-state index in [0.717, 1.165) is 37.1 Å². The molecular formula is C23H35N3O3. The van der Waals surface area contributed by atoms with Gasteiger partial charge in [-0.15, -0.1) is 0 Å². The van der Waals surface area contributed by atoms with Crippen LogP contribution >= 0.6 is 0 Å². The molecular weight excluding hydrogens is 366 g/mol. The normalized spacial score (nSPS) is 20.9. The average molecular weight is 402 g/mol. The molecule has 2 aromatic rings. The van der Waals surface area contributed by atoms with Gasteiger partial charge in [0.1, 0.15) is 5.65 Å². The number of methoxy groups -OCH3 is 1. The van der Waals surface area contributed by atoms with E-state index in [1.54, 1.807) is 7.11 Å². The standard InChI is InChI=1S/C23H35N3O3/c1-15(2)21-13-19(14-29-4)24-22-20(8-10-26(21)22)23(28)25-18-7-5-6-17(12-18)16(3)9-11-27/h8,10,13,15-18,27H,5-7,9,11-12,14H2,1-4H3,(H,25,28)/t16?,17?,18-/m0/s1. The zero-order chi connectivity index (χ0) is 21.0. The number of nitrogens with zero attached hydrogens (tertiary/aromatic N) is 2. The topological polar surface area (TPSA) is 75.9 Å². The highest BCUT2D eigenvalue weighted by Gasteiger charge is 2.28. The number of amides is 1. The molecule has 3 atom stereocenters. The first kappa shape index (κ1) is 21.8. The molecule has 1 aliphatic carbocycles. The summed E-state index contributed by atoms with van der Waals surface area (Å²) in [5, 5.41) is 12.5. The number of carbonyl (C=O) groups excluding carboxylic acids is 1. The van der Waals surface area contributed by atoms with Crippen molar-refractivity contribution in [1.82, 2.24) is 14.7 Å². The van der Waals surface area contributed by atoms with E-state index < -0.39 is 0 Å². The molecule has 2 heterocycles. The van der Waals surface area contributed by atoms with E-state index in [1.165, 1.54) is 6.42 Å². The van der Waals surface area contributed by atoms with Gasteiger partial charge in [0.05, 0.1) is 17.9 Å². The zero-order valence-electron chi connectivity index (χ0n) is 18.1. The van der Waals surface area contributed by atoms with E-state index >= 15 is 0 Å². The van der Waals surface area contributed by atoms with E-state index in [2.05, 4.69) is 32.2 Å². The molecule has 0 radical (unpaired) electrons. The molecule has 1 fully saturated rings. The smallest absolute Gasteiger partial charge is 0.255 e. The molecule has 2 N–H and O–H groups in total. The molecule has 6 nitrogen and oxygen atoms in total. The zero-order valence-corrected chi connectivity index (χ0v) is 18.1. The third kappa shape index (κ3) is 4.98. The minimum Gasteiger partial charge on any atom is -0.396 e. The number of fused-ring (bicyclic) bond motifs is 1. The summed E-state index contributed by atoms with van der Waals surface area (Å²) in [6.07, 6.45) is 7.07. The lowest BCUT2D eigenvalue weighted by atomic mass is 9.77. The number of nitrogens with one attached hydrogen (secondary N) is 1. The fourth-order valence-corrected chi connectivity index (χ4v) is 4.58. The maximum atomic E-state index is 13.1. The molecule has 29 heavy (non-hydrogen) atoms. The molecule has 0 aromatic carbocycles. The third-order valence-corrected chi connectivity index (χ3v) is 6.27. The van der Waals surface area contributed by atoms with E-state index in [4.69, 9.17) is 9.72 Å². The van der Waals surface area contributed by atoms with Crippen LogP contribution in [0.15, 0.2) is 18.3 Å². The molecule has 1 aliphatic rings. The van der Waals surface area contributed by atoms with Gasteiger partial charge in [-0.2, -0.15) is 0 Å². The van der Waals surface area contributed by atoms with E-state index in [9.17, 15) is 9.90 Å². The van der Waals surface area contributed by atoms with Crippen molar-refractivity contribution >= 4 is 11.6 Å². The SMILES string of the molecule is COCc1cc(C(C)C)n2ccc(C(=O)N[C@H]3CCCC(C(C)CCO)C3)c2n1. The lowest BCUT2D eigenvalue weighted by molar-refractivity contribution is 0.0908. The van der Waals surface area contributed by atoms with Crippen molar-refractivity contribution in [3.63, 3.8) is 0 Å². The van der Waals surface area contributed by atoms with Gasteiger partial charge in [-0.25, -0.2) is 4.98 Å². The maximum Gasteiger partial charge on any atom is 0.255 e. The Morgan fingerprint density at radius 2 is 2.17 bits per heavy atom. The number of ether oxygens (including phenoxy) is 1. The van der Waals surface area contributed by atoms with Gasteiger partial charge in [-0.3, -0.25) is 4.79 Å². The van der Waals surface area contributed by atoms with Crippen molar-refractivity contribution in [2.75, 3.05) is 13.7 Å². The first-order valence-electron chi connectivity index (χ1n) is 10.9. The Morgan fingerprint density at radius 3 is 2.86 bits per heavy atom. The van der Waals surface area contributed by atoms with E-state index in [-0.39, 0.29) is 18.6 Å². The largest absolute Gasteiger partial charge is 0.396 e. The van der Waals surface area contributed by atoms with Crippen molar-refractivity contribution < 1.29 is 14.6 Å². The summed E-state index contributed by atoms with van der Waals surface area (Å²) in [5.41, 5.74) is 3.28. The fourth-order valence-electron chi connectivity index (χ4n) is 4.58. The first-order chi connectivity index (χ1) is 13.9. The van der Waals surface area contributed by atoms with Crippen molar-refractivity contribution in [3.8, 4) is 0 Å². The summed E-state index contributed by atoms with van der Waals surface area (Å²) in [6.45, 7) is 7.15. The fraction of sp³-hybridized carbons (Fsp3) is 0.652. The van der Waals surface area contributed by atoms with Crippen LogP contribution in [-0.4, -0.2) is 40.2 Å². The van der Waals surface area contributed by atoms with Crippen molar-refractivity contribution in [2.24, 2.45) is 11.8 Å². The summed E-state index contributed by atoms with van der Waals surface area (Å²) in [6, 6.07) is 4.11. The lowest BCUT2D eigenvalue weighted by Gasteiger charge is -2.33. The molecule has 1 amide bonds. The van der Waals surface area contributed by atoms with Crippen LogP contribution < -0.4 is 5.32 Å². The number of aromatic nitrogens is 2. The highest BCUT2D eigenvalue weighted by molar-refractivity contribution is 6.00. The summed E-state index contributed by atoms with van der Waals surface area (Å²) >= 11 is 0. The van der Waals surface area contributed by atoms with Crippen molar-refractivity contribution in [2.45, 2.75) is 71.4 Å². The van der Waals surface area contributed by atoms with Crippen LogP contribution in [0.2, 0.25) is 0 Å². The first-order valence-corrected chi connectivity index (χ1v) is 10.9. The van der Waals surface area contributed by atoms with E-state index in [0.29, 0.717) is 35.6 Å². The van der Waals surface area contributed by atoms with Gasteiger partial charge in [0, 0.05) is 31.6 Å². The summed E-state index contributed by atoms with van der Waals surface area (Å²) in [5.74, 6) is 1.31. The number of rotatable bonds is 8. The van der Waals surface area contributed by atoms with Crippen LogP contribution in [0.3, 0.4) is 0 Å². The minimum atomic E-state index is -0.0512. The van der Waals surface area contributed by atoms with Gasteiger partial charge in [0.2, 0.25) is 0 Å². The van der Waals surface area contributed by atoms with Gasteiger partial charge < -0.3 is 19.6 Å². The second-order valence-corrected chi connectivity index (χ2v) is 8.77. The monoisotopic (exact) mass is 401 g/mol. The highest BCUT2D eigenvalue weighted by atomic mass is 16.5. The second-order valence-electron chi connectivity index (χ2n) is 8.77. The summed E-state index contributed by atoms with van der Waals surface area (Å²) in [4.78, 5) is 17.8. The van der Waals surface area contributed by atoms with Gasteiger partial charge in [-0.1, -0.05) is 33.6 Å². The molecule has 0 aliphatic heterocycles. The molecule has 2 unspecified atom stereocenters. The Labute approximate surface area is 173 Å². The average Bonchev–Trinajstić information content (AvgIpc) is 3.12. The van der Waals surface area contributed by atoms with Crippen LogP contribution in [0.5, 0.6) is 0 Å². The molecule has 3 rings (SSSR count). The second kappa shape index (κ2) is 9.72.